The summed E-state index contributed by atoms with van der Waals surface area (Å²) in [6.45, 7) is 2.28. The second kappa shape index (κ2) is 8.51. The third-order valence-corrected chi connectivity index (χ3v) is 5.04. The summed E-state index contributed by atoms with van der Waals surface area (Å²) in [4.78, 5) is 18.9. The van der Waals surface area contributed by atoms with Gasteiger partial charge in [-0.15, -0.1) is 0 Å². The smallest absolute Gasteiger partial charge is 0.272 e. The first-order chi connectivity index (χ1) is 14.5. The van der Waals surface area contributed by atoms with Gasteiger partial charge < -0.3 is 4.90 Å². The molecular weight excluding hydrogens is 396 g/mol. The number of hydrogen-bond acceptors (Lipinski definition) is 3. The number of nitrogens with zero attached hydrogens (tertiary/aromatic N) is 4. The molecule has 0 atom stereocenters. The first-order valence-corrected chi connectivity index (χ1v) is 9.98. The van der Waals surface area contributed by atoms with Gasteiger partial charge in [-0.1, -0.05) is 48.0 Å². The fourth-order valence-corrected chi connectivity index (χ4v) is 3.40. The van der Waals surface area contributed by atoms with E-state index in [1.165, 1.54) is 0 Å². The van der Waals surface area contributed by atoms with Crippen LogP contribution in [0.2, 0.25) is 5.02 Å². The van der Waals surface area contributed by atoms with Gasteiger partial charge in [0.2, 0.25) is 0 Å². The highest BCUT2D eigenvalue weighted by Gasteiger charge is 2.18. The van der Waals surface area contributed by atoms with Gasteiger partial charge in [0.15, 0.2) is 0 Å². The van der Waals surface area contributed by atoms with Gasteiger partial charge in [-0.2, -0.15) is 5.10 Å². The molecule has 2 heterocycles. The van der Waals surface area contributed by atoms with Crippen LogP contribution in [0.4, 0.5) is 0 Å². The third-order valence-electron chi connectivity index (χ3n) is 4.79. The molecule has 4 aromatic rings. The van der Waals surface area contributed by atoms with Gasteiger partial charge >= 0.3 is 0 Å². The fraction of sp³-hybridized carbons (Fsp3) is 0.125. The van der Waals surface area contributed by atoms with Crippen molar-refractivity contribution in [2.45, 2.75) is 13.5 Å². The van der Waals surface area contributed by atoms with E-state index in [0.717, 1.165) is 28.2 Å². The normalized spacial score (nSPS) is 10.8. The molecular formula is C24H21ClN4O. The number of aromatic nitrogens is 3. The Kier molecular flexibility index (Phi) is 5.63. The Morgan fingerprint density at radius 1 is 1.00 bits per heavy atom. The number of carbonyl (C=O) groups excluding carboxylic acids is 1. The van der Waals surface area contributed by atoms with Crippen LogP contribution in [0, 0.1) is 6.92 Å². The van der Waals surface area contributed by atoms with Gasteiger partial charge in [0.25, 0.3) is 5.91 Å². The van der Waals surface area contributed by atoms with Crippen LogP contribution in [-0.4, -0.2) is 32.6 Å². The molecule has 6 heteroatoms. The SMILES string of the molecule is Cc1cccc(C(=O)N(C)Cc2cn(-c3ccccc3)nc2-c2ccc(Cl)cc2)n1. The number of carbonyl (C=O) groups is 1. The molecule has 2 aromatic carbocycles. The Labute approximate surface area is 180 Å². The predicted molar refractivity (Wildman–Crippen MR) is 119 cm³/mol. The summed E-state index contributed by atoms with van der Waals surface area (Å²) in [5.41, 5.74) is 4.89. The monoisotopic (exact) mass is 416 g/mol. The van der Waals surface area contributed by atoms with Gasteiger partial charge in [0.05, 0.1) is 11.4 Å². The molecule has 150 valence electrons. The largest absolute Gasteiger partial charge is 0.336 e. The van der Waals surface area contributed by atoms with Crippen LogP contribution in [0.5, 0.6) is 0 Å². The molecule has 5 nitrogen and oxygen atoms in total. The van der Waals surface area contributed by atoms with Crippen molar-refractivity contribution in [3.63, 3.8) is 0 Å². The van der Waals surface area contributed by atoms with Crippen LogP contribution in [0.25, 0.3) is 16.9 Å². The lowest BCUT2D eigenvalue weighted by Crippen LogP contribution is -2.27. The van der Waals surface area contributed by atoms with E-state index in [9.17, 15) is 4.79 Å². The van der Waals surface area contributed by atoms with E-state index < -0.39 is 0 Å². The van der Waals surface area contributed by atoms with E-state index in [1.54, 1.807) is 18.0 Å². The Hall–Kier alpha value is -3.44. The Morgan fingerprint density at radius 3 is 2.43 bits per heavy atom. The molecule has 0 aliphatic rings. The quantitative estimate of drug-likeness (QED) is 0.451. The molecule has 0 spiro atoms. The minimum atomic E-state index is -0.131. The second-order valence-corrected chi connectivity index (χ2v) is 7.55. The third kappa shape index (κ3) is 4.26. The highest BCUT2D eigenvalue weighted by atomic mass is 35.5. The lowest BCUT2D eigenvalue weighted by molar-refractivity contribution is 0.0779. The maximum Gasteiger partial charge on any atom is 0.272 e. The van der Waals surface area contributed by atoms with Gasteiger partial charge in [0, 0.05) is 41.6 Å². The molecule has 0 saturated heterocycles. The number of hydrogen-bond donors (Lipinski definition) is 0. The van der Waals surface area contributed by atoms with E-state index in [-0.39, 0.29) is 5.91 Å². The molecule has 2 aromatic heterocycles. The second-order valence-electron chi connectivity index (χ2n) is 7.12. The van der Waals surface area contributed by atoms with Crippen molar-refractivity contribution in [1.82, 2.24) is 19.7 Å². The van der Waals surface area contributed by atoms with E-state index in [2.05, 4.69) is 4.98 Å². The highest BCUT2D eigenvalue weighted by Crippen LogP contribution is 2.26. The zero-order valence-corrected chi connectivity index (χ0v) is 17.5. The van der Waals surface area contributed by atoms with Crippen molar-refractivity contribution < 1.29 is 4.79 Å². The number of benzene rings is 2. The van der Waals surface area contributed by atoms with Crippen LogP contribution in [-0.2, 0) is 6.54 Å². The van der Waals surface area contributed by atoms with Crippen molar-refractivity contribution >= 4 is 17.5 Å². The fourth-order valence-electron chi connectivity index (χ4n) is 3.27. The molecule has 0 radical (unpaired) electrons. The lowest BCUT2D eigenvalue weighted by Gasteiger charge is -2.17. The van der Waals surface area contributed by atoms with Crippen LogP contribution in [0.1, 0.15) is 21.7 Å². The van der Waals surface area contributed by atoms with Gasteiger partial charge in [-0.25, -0.2) is 9.67 Å². The summed E-state index contributed by atoms with van der Waals surface area (Å²) in [5, 5.41) is 5.47. The number of halogens is 1. The van der Waals surface area contributed by atoms with Crippen molar-refractivity contribution in [1.29, 1.82) is 0 Å². The van der Waals surface area contributed by atoms with Crippen LogP contribution in [0.3, 0.4) is 0 Å². The van der Waals surface area contributed by atoms with Crippen molar-refractivity contribution in [3.8, 4) is 16.9 Å². The minimum Gasteiger partial charge on any atom is -0.336 e. The standard InChI is InChI=1S/C24H21ClN4O/c1-17-7-6-10-22(26-17)24(30)28(2)15-19-16-29(21-8-4-3-5-9-21)27-23(19)18-11-13-20(25)14-12-18/h3-14,16H,15H2,1-2H3. The van der Waals surface area contributed by atoms with E-state index >= 15 is 0 Å². The Balaban J connectivity index is 1.69. The maximum atomic E-state index is 12.9. The number of para-hydroxylation sites is 1. The molecule has 30 heavy (non-hydrogen) atoms. The zero-order valence-electron chi connectivity index (χ0n) is 16.8. The molecule has 4 rings (SSSR count). The number of amides is 1. The Bertz CT molecular complexity index is 1170. The molecule has 0 saturated carbocycles. The van der Waals surface area contributed by atoms with Gasteiger partial charge in [-0.05, 0) is 43.3 Å². The van der Waals surface area contributed by atoms with Crippen LogP contribution >= 0.6 is 11.6 Å². The van der Waals surface area contributed by atoms with Crippen LogP contribution < -0.4 is 0 Å². The van der Waals surface area contributed by atoms with Crippen molar-refractivity contribution in [3.05, 3.63) is 101 Å². The maximum absolute atomic E-state index is 12.9. The summed E-state index contributed by atoms with van der Waals surface area (Å²) in [6.07, 6.45) is 1.97. The molecule has 0 aliphatic heterocycles. The van der Waals surface area contributed by atoms with Gasteiger partial charge in [-0.3, -0.25) is 4.79 Å². The number of rotatable bonds is 5. The minimum absolute atomic E-state index is 0.131. The summed E-state index contributed by atoms with van der Waals surface area (Å²) < 4.78 is 1.84. The first kappa shape index (κ1) is 19.9. The first-order valence-electron chi connectivity index (χ1n) is 9.60. The predicted octanol–water partition coefficient (Wildman–Crippen LogP) is 5.17. The summed E-state index contributed by atoms with van der Waals surface area (Å²) in [5.74, 6) is -0.131. The van der Waals surface area contributed by atoms with E-state index in [0.29, 0.717) is 17.3 Å². The Morgan fingerprint density at radius 2 is 1.73 bits per heavy atom. The van der Waals surface area contributed by atoms with Crippen molar-refractivity contribution in [2.75, 3.05) is 7.05 Å². The molecule has 0 unspecified atom stereocenters. The van der Waals surface area contributed by atoms with Crippen LogP contribution in [0.15, 0.2) is 79.0 Å². The zero-order chi connectivity index (χ0) is 21.1. The molecule has 0 bridgehead atoms. The number of aryl methyl sites for hydroxylation is 1. The molecule has 1 amide bonds. The summed E-state index contributed by atoms with van der Waals surface area (Å²) >= 11 is 6.06. The highest BCUT2D eigenvalue weighted by molar-refractivity contribution is 6.30. The lowest BCUT2D eigenvalue weighted by atomic mass is 10.1. The van der Waals surface area contributed by atoms with E-state index in [4.69, 9.17) is 16.7 Å². The summed E-state index contributed by atoms with van der Waals surface area (Å²) in [7, 11) is 1.78. The average molecular weight is 417 g/mol. The van der Waals surface area contributed by atoms with Gasteiger partial charge in [0.1, 0.15) is 5.69 Å². The topological polar surface area (TPSA) is 51.0 Å². The number of pyridine rings is 1. The average Bonchev–Trinajstić information content (AvgIpc) is 3.18. The molecule has 0 N–H and O–H groups in total. The molecule has 0 aliphatic carbocycles. The van der Waals surface area contributed by atoms with E-state index in [1.807, 2.05) is 84.5 Å². The summed E-state index contributed by atoms with van der Waals surface area (Å²) in [6, 6.07) is 22.9. The van der Waals surface area contributed by atoms with Crippen molar-refractivity contribution in [2.24, 2.45) is 0 Å². The molecule has 0 fully saturated rings.